The van der Waals surface area contributed by atoms with Gasteiger partial charge < -0.3 is 9.47 Å². The van der Waals surface area contributed by atoms with Crippen LogP contribution >= 0.6 is 11.3 Å². The van der Waals surface area contributed by atoms with Gasteiger partial charge in [-0.05, 0) is 34.6 Å². The highest BCUT2D eigenvalue weighted by molar-refractivity contribution is 7.09. The van der Waals surface area contributed by atoms with Gasteiger partial charge in [0.25, 0.3) is 0 Å². The summed E-state index contributed by atoms with van der Waals surface area (Å²) in [4.78, 5) is 20.8. The molecule has 1 N–H and O–H groups in total. The SMILES string of the molecule is CCO[C@H](C)c1nc(CONC(=O)OC(C)(C)C)cs1. The second-order valence-electron chi connectivity index (χ2n) is 5.17. The van der Waals surface area contributed by atoms with Gasteiger partial charge in [0, 0.05) is 12.0 Å². The normalized spacial score (nSPS) is 13.1. The van der Waals surface area contributed by atoms with Crippen molar-refractivity contribution in [3.05, 3.63) is 16.1 Å². The van der Waals surface area contributed by atoms with Crippen molar-refractivity contribution < 1.29 is 19.1 Å². The Hall–Kier alpha value is -1.18. The molecule has 1 atom stereocenters. The van der Waals surface area contributed by atoms with Crippen molar-refractivity contribution in [1.29, 1.82) is 0 Å². The lowest BCUT2D eigenvalue weighted by molar-refractivity contribution is -0.0145. The summed E-state index contributed by atoms with van der Waals surface area (Å²) in [5.41, 5.74) is 2.42. The zero-order valence-corrected chi connectivity index (χ0v) is 13.4. The number of carbonyl (C=O) groups is 1. The third kappa shape index (κ3) is 6.31. The number of amides is 1. The van der Waals surface area contributed by atoms with E-state index >= 15 is 0 Å². The van der Waals surface area contributed by atoms with E-state index in [0.717, 1.165) is 10.7 Å². The molecule has 1 aromatic heterocycles. The molecule has 0 unspecified atom stereocenters. The van der Waals surface area contributed by atoms with Crippen molar-refractivity contribution in [2.24, 2.45) is 0 Å². The number of aromatic nitrogens is 1. The first-order chi connectivity index (χ1) is 9.31. The van der Waals surface area contributed by atoms with Crippen LogP contribution in [0.15, 0.2) is 5.38 Å². The van der Waals surface area contributed by atoms with Gasteiger partial charge in [-0.1, -0.05) is 0 Å². The summed E-state index contributed by atoms with van der Waals surface area (Å²) >= 11 is 1.51. The van der Waals surface area contributed by atoms with Gasteiger partial charge in [-0.25, -0.2) is 9.78 Å². The minimum Gasteiger partial charge on any atom is -0.442 e. The molecule has 0 aromatic carbocycles. The fraction of sp³-hybridized carbons (Fsp3) is 0.692. The predicted octanol–water partition coefficient (Wildman–Crippen LogP) is 3.20. The summed E-state index contributed by atoms with van der Waals surface area (Å²) in [7, 11) is 0. The lowest BCUT2D eigenvalue weighted by Gasteiger charge is -2.19. The second kappa shape index (κ2) is 7.56. The van der Waals surface area contributed by atoms with Gasteiger partial charge in [0.05, 0.1) is 5.69 Å². The Morgan fingerprint density at radius 2 is 2.20 bits per heavy atom. The molecule has 1 aromatic rings. The van der Waals surface area contributed by atoms with Gasteiger partial charge >= 0.3 is 6.09 Å². The summed E-state index contributed by atoms with van der Waals surface area (Å²) < 4.78 is 10.5. The maximum absolute atomic E-state index is 11.4. The minimum atomic E-state index is -0.615. The molecule has 1 rings (SSSR count). The molecule has 1 heterocycles. The standard InChI is InChI=1S/C13H22N2O4S/c1-6-17-9(2)11-14-10(8-20-11)7-18-15-12(16)19-13(3,4)5/h8-9H,6-7H2,1-5H3,(H,15,16)/t9-/m1/s1. The summed E-state index contributed by atoms with van der Waals surface area (Å²) in [6.07, 6.45) is -0.645. The summed E-state index contributed by atoms with van der Waals surface area (Å²) in [5.74, 6) is 0. The van der Waals surface area contributed by atoms with E-state index in [2.05, 4.69) is 10.5 Å². The Kier molecular flexibility index (Phi) is 6.38. The molecule has 0 fully saturated rings. The van der Waals surface area contributed by atoms with Crippen LogP contribution in [0.3, 0.4) is 0 Å². The third-order valence-electron chi connectivity index (χ3n) is 2.11. The molecule has 0 saturated carbocycles. The van der Waals surface area contributed by atoms with E-state index in [1.54, 1.807) is 20.8 Å². The molecule has 0 spiro atoms. The van der Waals surface area contributed by atoms with E-state index in [9.17, 15) is 4.79 Å². The Balaban J connectivity index is 2.34. The fourth-order valence-corrected chi connectivity index (χ4v) is 2.17. The van der Waals surface area contributed by atoms with Gasteiger partial charge in [-0.15, -0.1) is 11.3 Å². The first-order valence-electron chi connectivity index (χ1n) is 6.48. The zero-order chi connectivity index (χ0) is 15.2. The van der Waals surface area contributed by atoms with Crippen LogP contribution in [0.2, 0.25) is 0 Å². The lowest BCUT2D eigenvalue weighted by Crippen LogP contribution is -2.32. The smallest absolute Gasteiger partial charge is 0.431 e. The van der Waals surface area contributed by atoms with E-state index in [-0.39, 0.29) is 12.7 Å². The molecule has 7 heteroatoms. The van der Waals surface area contributed by atoms with E-state index in [0.29, 0.717) is 6.61 Å². The largest absolute Gasteiger partial charge is 0.442 e. The number of nitrogens with zero attached hydrogens (tertiary/aromatic N) is 1. The molecule has 0 aliphatic heterocycles. The van der Waals surface area contributed by atoms with Crippen LogP contribution in [0, 0.1) is 0 Å². The highest BCUT2D eigenvalue weighted by Gasteiger charge is 2.16. The number of ether oxygens (including phenoxy) is 2. The number of hydrogen-bond donors (Lipinski definition) is 1. The average Bonchev–Trinajstić information content (AvgIpc) is 2.75. The third-order valence-corrected chi connectivity index (χ3v) is 3.16. The second-order valence-corrected chi connectivity index (χ2v) is 6.06. The quantitative estimate of drug-likeness (QED) is 0.817. The van der Waals surface area contributed by atoms with Crippen molar-refractivity contribution >= 4 is 17.4 Å². The summed E-state index contributed by atoms with van der Waals surface area (Å²) in [5, 5.41) is 2.77. The van der Waals surface area contributed by atoms with Crippen molar-refractivity contribution in [2.75, 3.05) is 6.61 Å². The van der Waals surface area contributed by atoms with Gasteiger partial charge in [-0.2, -0.15) is 5.48 Å². The molecule has 0 radical (unpaired) electrons. The predicted molar refractivity (Wildman–Crippen MR) is 76.3 cm³/mol. The van der Waals surface area contributed by atoms with E-state index < -0.39 is 11.7 Å². The maximum Gasteiger partial charge on any atom is 0.431 e. The lowest BCUT2D eigenvalue weighted by atomic mass is 10.2. The zero-order valence-electron chi connectivity index (χ0n) is 12.6. The Bertz CT molecular complexity index is 428. The number of hydrogen-bond acceptors (Lipinski definition) is 6. The maximum atomic E-state index is 11.4. The molecule has 114 valence electrons. The van der Waals surface area contributed by atoms with Crippen molar-refractivity contribution in [2.45, 2.75) is 52.9 Å². The average molecular weight is 302 g/mol. The van der Waals surface area contributed by atoms with Gasteiger partial charge in [0.1, 0.15) is 23.3 Å². The van der Waals surface area contributed by atoms with Crippen LogP contribution in [0.1, 0.15) is 51.4 Å². The van der Waals surface area contributed by atoms with Crippen LogP contribution in [-0.2, 0) is 20.9 Å². The first-order valence-corrected chi connectivity index (χ1v) is 7.36. The number of nitrogens with one attached hydrogen (secondary N) is 1. The molecule has 0 aliphatic carbocycles. The molecule has 20 heavy (non-hydrogen) atoms. The number of carbonyl (C=O) groups excluding carboxylic acids is 1. The minimum absolute atomic E-state index is 0.0300. The van der Waals surface area contributed by atoms with Crippen molar-refractivity contribution in [3.8, 4) is 0 Å². The Labute approximate surface area is 123 Å². The molecule has 0 saturated heterocycles. The topological polar surface area (TPSA) is 69.7 Å². The molecule has 0 bridgehead atoms. The Morgan fingerprint density at radius 1 is 1.50 bits per heavy atom. The summed E-state index contributed by atoms with van der Waals surface area (Å²) in [6, 6.07) is 0. The van der Waals surface area contributed by atoms with Gasteiger partial charge in [0.2, 0.25) is 0 Å². The van der Waals surface area contributed by atoms with Crippen molar-refractivity contribution in [3.63, 3.8) is 0 Å². The first kappa shape index (κ1) is 16.9. The molecular weight excluding hydrogens is 280 g/mol. The molecule has 0 aliphatic rings. The van der Waals surface area contributed by atoms with E-state index in [1.165, 1.54) is 11.3 Å². The van der Waals surface area contributed by atoms with Crippen molar-refractivity contribution in [1.82, 2.24) is 10.5 Å². The van der Waals surface area contributed by atoms with E-state index in [4.69, 9.17) is 14.3 Å². The number of hydroxylamine groups is 1. The monoisotopic (exact) mass is 302 g/mol. The highest BCUT2D eigenvalue weighted by atomic mass is 32.1. The van der Waals surface area contributed by atoms with Crippen LogP contribution in [0.25, 0.3) is 0 Å². The van der Waals surface area contributed by atoms with Crippen LogP contribution < -0.4 is 5.48 Å². The highest BCUT2D eigenvalue weighted by Crippen LogP contribution is 2.21. The van der Waals surface area contributed by atoms with E-state index in [1.807, 2.05) is 19.2 Å². The summed E-state index contributed by atoms with van der Waals surface area (Å²) in [6.45, 7) is 10.1. The Morgan fingerprint density at radius 3 is 2.80 bits per heavy atom. The van der Waals surface area contributed by atoms with Crippen LogP contribution in [0.4, 0.5) is 4.79 Å². The number of thiazole rings is 1. The molecule has 6 nitrogen and oxygen atoms in total. The number of rotatable bonds is 6. The fourth-order valence-electron chi connectivity index (χ4n) is 1.36. The van der Waals surface area contributed by atoms with Gasteiger partial charge in [-0.3, -0.25) is 4.84 Å². The molecular formula is C13H22N2O4S. The van der Waals surface area contributed by atoms with Gasteiger partial charge in [0.15, 0.2) is 0 Å². The molecule has 1 amide bonds. The van der Waals surface area contributed by atoms with Crippen LogP contribution in [-0.4, -0.2) is 23.3 Å². The van der Waals surface area contributed by atoms with Crippen LogP contribution in [0.5, 0.6) is 0 Å².